The van der Waals surface area contributed by atoms with Gasteiger partial charge in [0.1, 0.15) is 24.2 Å². The number of aromatic nitrogens is 1. The van der Waals surface area contributed by atoms with E-state index in [1.165, 1.54) is 23.8 Å². The Bertz CT molecular complexity index is 1430. The van der Waals surface area contributed by atoms with Gasteiger partial charge in [-0.15, -0.1) is 0 Å². The molecule has 1 aromatic heterocycles. The van der Waals surface area contributed by atoms with Crippen molar-refractivity contribution in [2.75, 3.05) is 34.4 Å². The largest absolute Gasteiger partial charge is 0.497 e. The minimum atomic E-state index is -0.631. The fourth-order valence-corrected chi connectivity index (χ4v) is 7.26. The summed E-state index contributed by atoms with van der Waals surface area (Å²) in [5, 5.41) is 1.22. The first-order valence-corrected chi connectivity index (χ1v) is 13.7. The van der Waals surface area contributed by atoms with Gasteiger partial charge in [0, 0.05) is 48.4 Å². The van der Waals surface area contributed by atoms with E-state index in [-0.39, 0.29) is 23.8 Å². The summed E-state index contributed by atoms with van der Waals surface area (Å²) in [6, 6.07) is 12.6. The lowest BCUT2D eigenvalue weighted by atomic mass is 9.63. The molecule has 3 aliphatic rings. The molecule has 3 aromatic rings. The number of nitrogens with zero attached hydrogens (tertiary/aromatic N) is 1. The Hall–Kier alpha value is -3.69. The number of piperidine rings is 1. The van der Waals surface area contributed by atoms with Gasteiger partial charge in [0.25, 0.3) is 0 Å². The molecular weight excluding hydrogens is 512 g/mol. The summed E-state index contributed by atoms with van der Waals surface area (Å²) in [4.78, 5) is 43.5. The molecule has 9 nitrogen and oxygen atoms in total. The highest BCUT2D eigenvalue weighted by molar-refractivity contribution is 5.90. The minimum absolute atomic E-state index is 0.00683. The number of hydrogen-bond acceptors (Lipinski definition) is 8. The summed E-state index contributed by atoms with van der Waals surface area (Å²) in [5.41, 5.74) is 4.42. The third kappa shape index (κ3) is 4.47. The molecule has 0 radical (unpaired) electrons. The van der Waals surface area contributed by atoms with Crippen LogP contribution in [0.15, 0.2) is 42.5 Å². The first-order valence-electron chi connectivity index (χ1n) is 13.7. The van der Waals surface area contributed by atoms with E-state index in [4.69, 9.17) is 18.9 Å². The topological polar surface area (TPSA) is 107 Å². The van der Waals surface area contributed by atoms with Crippen molar-refractivity contribution in [2.45, 2.75) is 37.5 Å². The Labute approximate surface area is 232 Å². The number of nitrogens with one attached hydrogen (secondary N) is 1. The number of hydrogen-bond donors (Lipinski definition) is 1. The predicted octanol–water partition coefficient (Wildman–Crippen LogP) is 3.96. The van der Waals surface area contributed by atoms with Crippen molar-refractivity contribution in [2.24, 2.45) is 17.8 Å². The minimum Gasteiger partial charge on any atom is -0.497 e. The highest BCUT2D eigenvalue weighted by atomic mass is 16.6. The van der Waals surface area contributed by atoms with E-state index in [1.54, 1.807) is 38.5 Å². The number of rotatable bonds is 6. The molecule has 2 aromatic carbocycles. The van der Waals surface area contributed by atoms with Gasteiger partial charge >= 0.3 is 11.9 Å². The number of aromatic amines is 1. The van der Waals surface area contributed by atoms with Gasteiger partial charge in [-0.2, -0.15) is 0 Å². The standard InChI is InChI=1S/C31H34N2O7/c1-37-20-8-9-21-22-10-11-33-15-19-12-26(40-30(35)18-6-4-17(16-34)5-7-18)29(38-2)27(31(36)39-3)23(19)14-25(33)28(22)32-24(21)13-20/h4-9,13,16,19,23,25-27,29,32H,10-12,14-15H2,1-3H3/t19?,23?,25-,26-,27+,29+/m1/s1. The maximum Gasteiger partial charge on any atom is 0.338 e. The molecule has 1 saturated carbocycles. The maximum atomic E-state index is 13.3. The maximum absolute atomic E-state index is 13.3. The molecule has 3 heterocycles. The summed E-state index contributed by atoms with van der Waals surface area (Å²) < 4.78 is 22.6. The molecule has 1 aliphatic carbocycles. The molecule has 6 rings (SSSR count). The summed E-state index contributed by atoms with van der Waals surface area (Å²) >= 11 is 0. The van der Waals surface area contributed by atoms with Gasteiger partial charge in [-0.05, 0) is 60.9 Å². The number of carbonyl (C=O) groups excluding carboxylic acids is 3. The number of esters is 2. The summed E-state index contributed by atoms with van der Waals surface area (Å²) in [6.45, 7) is 1.71. The van der Waals surface area contributed by atoms with Crippen LogP contribution in [0.1, 0.15) is 50.9 Å². The highest BCUT2D eigenvalue weighted by Crippen LogP contribution is 2.50. The van der Waals surface area contributed by atoms with Crippen LogP contribution in [0, 0.1) is 17.8 Å². The van der Waals surface area contributed by atoms with Gasteiger partial charge in [-0.1, -0.05) is 12.1 Å². The molecule has 1 N–H and O–H groups in total. The fourth-order valence-electron chi connectivity index (χ4n) is 7.26. The van der Waals surface area contributed by atoms with Crippen molar-refractivity contribution >= 4 is 29.1 Å². The van der Waals surface area contributed by atoms with Crippen LogP contribution < -0.4 is 4.74 Å². The molecule has 210 valence electrons. The predicted molar refractivity (Wildman–Crippen MR) is 146 cm³/mol. The number of ether oxygens (including phenoxy) is 4. The summed E-state index contributed by atoms with van der Waals surface area (Å²) in [6.07, 6.45) is 1.79. The third-order valence-electron chi connectivity index (χ3n) is 9.14. The quantitative estimate of drug-likeness (QED) is 0.366. The number of fused-ring (bicyclic) bond motifs is 6. The van der Waals surface area contributed by atoms with Crippen LogP contribution >= 0.6 is 0 Å². The lowest BCUT2D eigenvalue weighted by Crippen LogP contribution is -2.58. The number of methoxy groups -OCH3 is 3. The van der Waals surface area contributed by atoms with E-state index >= 15 is 0 Å². The van der Waals surface area contributed by atoms with Gasteiger partial charge in [0.2, 0.25) is 0 Å². The number of H-pyrrole nitrogens is 1. The molecule has 0 spiro atoms. The molecule has 2 fully saturated rings. The van der Waals surface area contributed by atoms with E-state index in [0.29, 0.717) is 17.5 Å². The summed E-state index contributed by atoms with van der Waals surface area (Å²) in [5.74, 6) is -0.463. The van der Waals surface area contributed by atoms with Crippen LogP contribution in [0.5, 0.6) is 5.75 Å². The van der Waals surface area contributed by atoms with Crippen LogP contribution in [0.25, 0.3) is 10.9 Å². The highest BCUT2D eigenvalue weighted by Gasteiger charge is 2.54. The van der Waals surface area contributed by atoms with Gasteiger partial charge < -0.3 is 23.9 Å². The molecular formula is C31H34N2O7. The van der Waals surface area contributed by atoms with Gasteiger partial charge in [0.05, 0.1) is 31.7 Å². The molecule has 40 heavy (non-hydrogen) atoms. The smallest absolute Gasteiger partial charge is 0.338 e. The van der Waals surface area contributed by atoms with Crippen LogP contribution in [0.3, 0.4) is 0 Å². The Morgan fingerprint density at radius 2 is 1.85 bits per heavy atom. The second-order valence-electron chi connectivity index (χ2n) is 11.0. The van der Waals surface area contributed by atoms with E-state index in [0.717, 1.165) is 43.5 Å². The van der Waals surface area contributed by atoms with Gasteiger partial charge in [-0.3, -0.25) is 14.5 Å². The van der Waals surface area contributed by atoms with Crippen LogP contribution in [0.4, 0.5) is 0 Å². The van der Waals surface area contributed by atoms with Crippen molar-refractivity contribution in [3.63, 3.8) is 0 Å². The number of carbonyl (C=O) groups is 3. The van der Waals surface area contributed by atoms with Crippen LogP contribution in [-0.2, 0) is 25.4 Å². The third-order valence-corrected chi connectivity index (χ3v) is 9.14. The van der Waals surface area contributed by atoms with Crippen LogP contribution in [0.2, 0.25) is 0 Å². The summed E-state index contributed by atoms with van der Waals surface area (Å²) in [7, 11) is 4.62. The Balaban J connectivity index is 1.29. The average molecular weight is 547 g/mol. The van der Waals surface area contributed by atoms with Crippen molar-refractivity contribution < 1.29 is 33.3 Å². The lowest BCUT2D eigenvalue weighted by molar-refractivity contribution is -0.176. The molecule has 2 unspecified atom stereocenters. The number of benzene rings is 2. The van der Waals surface area contributed by atoms with Crippen LogP contribution in [-0.4, -0.2) is 74.7 Å². The molecule has 2 aliphatic heterocycles. The monoisotopic (exact) mass is 546 g/mol. The second-order valence-corrected chi connectivity index (χ2v) is 11.0. The Morgan fingerprint density at radius 3 is 2.55 bits per heavy atom. The lowest BCUT2D eigenvalue weighted by Gasteiger charge is -2.52. The Kier molecular flexibility index (Phi) is 7.10. The zero-order valence-corrected chi connectivity index (χ0v) is 22.9. The van der Waals surface area contributed by atoms with E-state index in [9.17, 15) is 14.4 Å². The molecule has 1 saturated heterocycles. The first kappa shape index (κ1) is 26.5. The molecule has 6 atom stereocenters. The van der Waals surface area contributed by atoms with Gasteiger partial charge in [-0.25, -0.2) is 4.79 Å². The zero-order chi connectivity index (χ0) is 28.0. The zero-order valence-electron chi connectivity index (χ0n) is 22.9. The van der Waals surface area contributed by atoms with Crippen molar-refractivity contribution in [1.29, 1.82) is 0 Å². The molecule has 9 heteroatoms. The average Bonchev–Trinajstić information content (AvgIpc) is 3.37. The molecule has 0 amide bonds. The fraction of sp³-hybridized carbons (Fsp3) is 0.452. The van der Waals surface area contributed by atoms with Crippen molar-refractivity contribution in [1.82, 2.24) is 9.88 Å². The number of aldehydes is 1. The van der Waals surface area contributed by atoms with Crippen molar-refractivity contribution in [3.8, 4) is 5.75 Å². The van der Waals surface area contributed by atoms with Crippen molar-refractivity contribution in [3.05, 3.63) is 64.8 Å². The molecule has 0 bridgehead atoms. The normalized spacial score (nSPS) is 27.7. The second kappa shape index (κ2) is 10.7. The Morgan fingerprint density at radius 1 is 1.05 bits per heavy atom. The SMILES string of the molecule is COC(=O)[C@H]1C2C[C@@H]3c4[nH]c5cc(OC)ccc5c4CCN3CC2C[C@@H](OC(=O)c2ccc(C=O)cc2)[C@@H]1OC. The van der Waals surface area contributed by atoms with E-state index in [1.807, 2.05) is 12.1 Å². The van der Waals surface area contributed by atoms with E-state index < -0.39 is 24.1 Å². The first-order chi connectivity index (χ1) is 19.4. The van der Waals surface area contributed by atoms with Gasteiger partial charge in [0.15, 0.2) is 0 Å². The van der Waals surface area contributed by atoms with E-state index in [2.05, 4.69) is 16.0 Å².